The van der Waals surface area contributed by atoms with Gasteiger partial charge < -0.3 is 4.57 Å². The van der Waals surface area contributed by atoms with E-state index in [2.05, 4.69) is 12.2 Å². The molecule has 0 spiro atoms. The Morgan fingerprint density at radius 3 is 1.70 bits per heavy atom. The van der Waals surface area contributed by atoms with Gasteiger partial charge >= 0.3 is 0 Å². The van der Waals surface area contributed by atoms with Gasteiger partial charge in [-0.3, -0.25) is 0 Å². The molecule has 0 heterocycles. The van der Waals surface area contributed by atoms with E-state index in [1.165, 1.54) is 83.5 Å². The zero-order valence-electron chi connectivity index (χ0n) is 12.9. The molecular formula is C18H31OP. The van der Waals surface area contributed by atoms with E-state index in [1.54, 1.807) is 0 Å². The molecule has 0 aliphatic heterocycles. The van der Waals surface area contributed by atoms with Crippen LogP contribution in [-0.2, 0) is 4.57 Å². The standard InChI is InChI=1S/C18H31OP/c19-20(16-10-4-1-5-11-16,17-12-6-2-7-13-17)18-14-8-3-9-15-18/h4,10,16-18H,1-3,5-9,11-15H2. The number of hydrogen-bond donors (Lipinski definition) is 0. The van der Waals surface area contributed by atoms with E-state index < -0.39 is 7.14 Å². The predicted octanol–water partition coefficient (Wildman–Crippen LogP) is 6.12. The van der Waals surface area contributed by atoms with Gasteiger partial charge in [-0.25, -0.2) is 0 Å². The van der Waals surface area contributed by atoms with E-state index in [-0.39, 0.29) is 0 Å². The third-order valence-corrected chi connectivity index (χ3v) is 10.8. The molecule has 2 heteroatoms. The van der Waals surface area contributed by atoms with Crippen LogP contribution in [0.5, 0.6) is 0 Å². The SMILES string of the molecule is O=P(C1C=CCCC1)(C1CCCCC1)C1CCCCC1. The fourth-order valence-corrected chi connectivity index (χ4v) is 9.94. The van der Waals surface area contributed by atoms with Crippen molar-refractivity contribution in [2.75, 3.05) is 0 Å². The van der Waals surface area contributed by atoms with Gasteiger partial charge in [0.25, 0.3) is 0 Å². The molecule has 3 aliphatic carbocycles. The monoisotopic (exact) mass is 294 g/mol. The van der Waals surface area contributed by atoms with E-state index in [0.29, 0.717) is 17.0 Å². The quantitative estimate of drug-likeness (QED) is 0.452. The summed E-state index contributed by atoms with van der Waals surface area (Å²) in [5, 5.41) is 0. The van der Waals surface area contributed by atoms with Crippen molar-refractivity contribution in [3.8, 4) is 0 Å². The molecule has 1 unspecified atom stereocenters. The summed E-state index contributed by atoms with van der Waals surface area (Å²) >= 11 is 0. The highest BCUT2D eigenvalue weighted by Gasteiger charge is 2.45. The number of rotatable bonds is 3. The minimum absolute atomic E-state index is 0.447. The first-order valence-corrected chi connectivity index (χ1v) is 11.0. The Labute approximate surface area is 125 Å². The first kappa shape index (κ1) is 14.9. The van der Waals surface area contributed by atoms with Gasteiger partial charge in [-0.15, -0.1) is 0 Å². The van der Waals surface area contributed by atoms with Gasteiger partial charge in [-0.2, -0.15) is 0 Å². The van der Waals surface area contributed by atoms with Gasteiger partial charge in [0.15, 0.2) is 0 Å². The van der Waals surface area contributed by atoms with Crippen LogP contribution < -0.4 is 0 Å². The third kappa shape index (κ3) is 2.94. The van der Waals surface area contributed by atoms with Crippen molar-refractivity contribution in [2.45, 2.75) is 100 Å². The Morgan fingerprint density at radius 1 is 0.700 bits per heavy atom. The minimum Gasteiger partial charge on any atom is -0.322 e. The second-order valence-corrected chi connectivity index (χ2v) is 10.9. The van der Waals surface area contributed by atoms with Crippen LogP contribution in [0.3, 0.4) is 0 Å². The number of allylic oxidation sites excluding steroid dienone is 2. The van der Waals surface area contributed by atoms with E-state index in [9.17, 15) is 4.57 Å². The van der Waals surface area contributed by atoms with Crippen molar-refractivity contribution in [1.29, 1.82) is 0 Å². The van der Waals surface area contributed by atoms with E-state index in [0.717, 1.165) is 0 Å². The van der Waals surface area contributed by atoms with Crippen LogP contribution >= 0.6 is 7.14 Å². The van der Waals surface area contributed by atoms with E-state index in [4.69, 9.17) is 0 Å². The number of hydrogen-bond acceptors (Lipinski definition) is 1. The van der Waals surface area contributed by atoms with Crippen molar-refractivity contribution in [2.24, 2.45) is 0 Å². The van der Waals surface area contributed by atoms with Crippen molar-refractivity contribution < 1.29 is 4.57 Å². The minimum atomic E-state index is -2.03. The largest absolute Gasteiger partial charge is 0.322 e. The molecule has 3 rings (SSSR count). The second kappa shape index (κ2) is 6.82. The third-order valence-electron chi connectivity index (χ3n) is 6.04. The van der Waals surface area contributed by atoms with Crippen molar-refractivity contribution in [3.05, 3.63) is 12.2 Å². The molecule has 0 bridgehead atoms. The first-order chi connectivity index (χ1) is 9.82. The molecule has 0 amide bonds. The van der Waals surface area contributed by atoms with Gasteiger partial charge in [0.05, 0.1) is 0 Å². The zero-order valence-corrected chi connectivity index (χ0v) is 13.8. The zero-order chi connectivity index (χ0) is 13.8. The van der Waals surface area contributed by atoms with Crippen LogP contribution in [0.2, 0.25) is 0 Å². The average molecular weight is 294 g/mol. The summed E-state index contributed by atoms with van der Waals surface area (Å²) in [6.45, 7) is 0. The van der Waals surface area contributed by atoms with Crippen LogP contribution in [0.25, 0.3) is 0 Å². The summed E-state index contributed by atoms with van der Waals surface area (Å²) in [5.41, 5.74) is 1.60. The molecule has 0 N–H and O–H groups in total. The van der Waals surface area contributed by atoms with Gasteiger partial charge in [-0.1, -0.05) is 50.7 Å². The smallest absolute Gasteiger partial charge is 0.100 e. The maximum Gasteiger partial charge on any atom is 0.100 e. The molecule has 0 aromatic rings. The Morgan fingerprint density at radius 2 is 1.25 bits per heavy atom. The topological polar surface area (TPSA) is 17.1 Å². The molecule has 1 nitrogen and oxygen atoms in total. The molecule has 114 valence electrons. The maximum atomic E-state index is 14.2. The van der Waals surface area contributed by atoms with Crippen LogP contribution in [0.1, 0.15) is 83.5 Å². The van der Waals surface area contributed by atoms with Crippen LogP contribution in [0.15, 0.2) is 12.2 Å². The van der Waals surface area contributed by atoms with Crippen molar-refractivity contribution in [1.82, 2.24) is 0 Å². The van der Waals surface area contributed by atoms with Gasteiger partial charge in [0.1, 0.15) is 7.14 Å². The Kier molecular flexibility index (Phi) is 5.08. The molecule has 0 saturated heterocycles. The van der Waals surface area contributed by atoms with Crippen LogP contribution in [0.4, 0.5) is 0 Å². The lowest BCUT2D eigenvalue weighted by Gasteiger charge is -2.42. The molecule has 1 atom stereocenters. The lowest BCUT2D eigenvalue weighted by Crippen LogP contribution is -2.30. The Bertz CT molecular complexity index is 353. The lowest BCUT2D eigenvalue weighted by atomic mass is 9.99. The first-order valence-electron chi connectivity index (χ1n) is 9.07. The Balaban J connectivity index is 1.85. The predicted molar refractivity (Wildman–Crippen MR) is 88.1 cm³/mol. The van der Waals surface area contributed by atoms with Crippen molar-refractivity contribution >= 4 is 7.14 Å². The summed E-state index contributed by atoms with van der Waals surface area (Å²) in [5.74, 6) is 0. The maximum absolute atomic E-state index is 14.2. The highest BCUT2D eigenvalue weighted by atomic mass is 31.2. The Hall–Kier alpha value is -0.0300. The molecule has 2 fully saturated rings. The van der Waals surface area contributed by atoms with Crippen LogP contribution in [0, 0.1) is 0 Å². The molecule has 0 aromatic carbocycles. The molecule has 20 heavy (non-hydrogen) atoms. The highest BCUT2D eigenvalue weighted by Crippen LogP contribution is 2.67. The van der Waals surface area contributed by atoms with Crippen LogP contribution in [-0.4, -0.2) is 17.0 Å². The molecular weight excluding hydrogens is 263 g/mol. The fourth-order valence-electron chi connectivity index (χ4n) is 4.94. The van der Waals surface area contributed by atoms with Crippen molar-refractivity contribution in [3.63, 3.8) is 0 Å². The van der Waals surface area contributed by atoms with Gasteiger partial charge in [-0.05, 0) is 44.9 Å². The van der Waals surface area contributed by atoms with E-state index in [1.807, 2.05) is 0 Å². The normalized spacial score (nSPS) is 30.5. The lowest BCUT2D eigenvalue weighted by molar-refractivity contribution is 0.440. The summed E-state index contributed by atoms with van der Waals surface area (Å²) in [6.07, 6.45) is 21.5. The molecule has 3 aliphatic rings. The van der Waals surface area contributed by atoms with Gasteiger partial charge in [0, 0.05) is 17.0 Å². The van der Waals surface area contributed by atoms with Gasteiger partial charge in [0.2, 0.25) is 0 Å². The highest BCUT2D eigenvalue weighted by molar-refractivity contribution is 7.66. The summed E-state index contributed by atoms with van der Waals surface area (Å²) in [6, 6.07) is 0. The second-order valence-electron chi connectivity index (χ2n) is 7.27. The molecule has 2 saturated carbocycles. The van der Waals surface area contributed by atoms with E-state index >= 15 is 0 Å². The molecule has 0 aromatic heterocycles. The summed E-state index contributed by atoms with van der Waals surface area (Å²) < 4.78 is 14.2. The molecule has 0 radical (unpaired) electrons. The summed E-state index contributed by atoms with van der Waals surface area (Å²) in [4.78, 5) is 0. The average Bonchev–Trinajstić information content (AvgIpc) is 2.56. The summed E-state index contributed by atoms with van der Waals surface area (Å²) in [7, 11) is -2.03. The fraction of sp³-hybridized carbons (Fsp3) is 0.889.